The van der Waals surface area contributed by atoms with Gasteiger partial charge in [0.25, 0.3) is 0 Å². The van der Waals surface area contributed by atoms with Crippen LogP contribution in [0.2, 0.25) is 10.0 Å². The molecule has 0 spiro atoms. The van der Waals surface area contributed by atoms with E-state index in [2.05, 4.69) is 0 Å². The van der Waals surface area contributed by atoms with Crippen LogP contribution in [0.3, 0.4) is 0 Å². The largest absolute Gasteiger partial charge is 0.384 e. The molecule has 0 aliphatic carbocycles. The number of rotatable bonds is 4. The molecule has 2 aromatic carbocycles. The highest BCUT2D eigenvalue weighted by molar-refractivity contribution is 7.91. The molecule has 21 heavy (non-hydrogen) atoms. The Bertz CT molecular complexity index is 741. The first-order chi connectivity index (χ1) is 9.72. The Hall–Kier alpha value is -1.07. The third-order valence-electron chi connectivity index (χ3n) is 3.10. The number of benzene rings is 2. The third kappa shape index (κ3) is 3.77. The van der Waals surface area contributed by atoms with Crippen molar-refractivity contribution in [3.05, 3.63) is 64.1 Å². The normalized spacial score (nSPS) is 14.7. The van der Waals surface area contributed by atoms with E-state index >= 15 is 0 Å². The number of hydrogen-bond donors (Lipinski definition) is 1. The van der Waals surface area contributed by atoms with Gasteiger partial charge in [0, 0.05) is 5.02 Å². The van der Waals surface area contributed by atoms with Crippen LogP contribution >= 0.6 is 23.2 Å². The highest BCUT2D eigenvalue weighted by atomic mass is 35.5. The monoisotopic (exact) mass is 344 g/mol. The molecule has 0 amide bonds. The van der Waals surface area contributed by atoms with E-state index in [1.807, 2.05) is 0 Å². The predicted molar refractivity (Wildman–Crippen MR) is 84.5 cm³/mol. The predicted octanol–water partition coefficient (Wildman–Crippen LogP) is 3.67. The van der Waals surface area contributed by atoms with Crippen LogP contribution < -0.4 is 0 Å². The molecule has 0 heterocycles. The van der Waals surface area contributed by atoms with Crippen molar-refractivity contribution in [2.24, 2.45) is 0 Å². The zero-order chi connectivity index (χ0) is 15.7. The minimum Gasteiger partial charge on any atom is -0.384 e. The molecule has 0 fully saturated rings. The molecule has 0 aliphatic rings. The van der Waals surface area contributed by atoms with Gasteiger partial charge in [-0.2, -0.15) is 0 Å². The van der Waals surface area contributed by atoms with Gasteiger partial charge in [-0.3, -0.25) is 0 Å². The number of halogens is 2. The summed E-state index contributed by atoms with van der Waals surface area (Å²) in [7, 11) is -3.75. The van der Waals surface area contributed by atoms with Crippen LogP contribution in [-0.4, -0.2) is 19.3 Å². The fraction of sp³-hybridized carbons (Fsp3) is 0.200. The van der Waals surface area contributed by atoms with Crippen molar-refractivity contribution < 1.29 is 13.5 Å². The number of hydrogen-bond acceptors (Lipinski definition) is 3. The van der Waals surface area contributed by atoms with Crippen LogP contribution in [-0.2, 0) is 15.4 Å². The van der Waals surface area contributed by atoms with Crippen molar-refractivity contribution in [3.63, 3.8) is 0 Å². The van der Waals surface area contributed by atoms with E-state index in [0.29, 0.717) is 10.6 Å². The lowest BCUT2D eigenvalue weighted by Gasteiger charge is -2.24. The summed E-state index contributed by atoms with van der Waals surface area (Å²) in [5, 5.41) is 10.9. The van der Waals surface area contributed by atoms with E-state index < -0.39 is 21.2 Å². The van der Waals surface area contributed by atoms with Gasteiger partial charge in [0.15, 0.2) is 9.84 Å². The summed E-state index contributed by atoms with van der Waals surface area (Å²) in [6, 6.07) is 12.8. The van der Waals surface area contributed by atoms with E-state index in [0.717, 1.165) is 0 Å². The first-order valence-corrected chi connectivity index (χ1v) is 8.59. The van der Waals surface area contributed by atoms with Gasteiger partial charge in [-0.25, -0.2) is 8.42 Å². The lowest BCUT2D eigenvalue weighted by molar-refractivity contribution is 0.0819. The fourth-order valence-corrected chi connectivity index (χ4v) is 4.51. The zero-order valence-corrected chi connectivity index (χ0v) is 13.6. The van der Waals surface area contributed by atoms with Crippen molar-refractivity contribution in [2.45, 2.75) is 17.4 Å². The second-order valence-electron chi connectivity index (χ2n) is 4.97. The first-order valence-electron chi connectivity index (χ1n) is 6.18. The number of aliphatic hydroxyl groups is 1. The minimum absolute atomic E-state index is 0.0372. The Morgan fingerprint density at radius 2 is 1.71 bits per heavy atom. The molecule has 0 aliphatic heterocycles. The van der Waals surface area contributed by atoms with Crippen LogP contribution in [0, 0.1) is 0 Å². The highest BCUT2D eigenvalue weighted by Gasteiger charge is 2.32. The van der Waals surface area contributed by atoms with Crippen molar-refractivity contribution in [2.75, 3.05) is 5.75 Å². The maximum absolute atomic E-state index is 12.5. The second-order valence-corrected chi connectivity index (χ2v) is 7.78. The Morgan fingerprint density at radius 1 is 1.10 bits per heavy atom. The first kappa shape index (κ1) is 16.3. The van der Waals surface area contributed by atoms with Crippen LogP contribution in [0.25, 0.3) is 0 Å². The average Bonchev–Trinajstić information content (AvgIpc) is 2.38. The lowest BCUT2D eigenvalue weighted by Crippen LogP contribution is -2.31. The topological polar surface area (TPSA) is 54.4 Å². The smallest absolute Gasteiger partial charge is 0.183 e. The lowest BCUT2D eigenvalue weighted by atomic mass is 9.99. The van der Waals surface area contributed by atoms with Gasteiger partial charge in [0.2, 0.25) is 0 Å². The molecular weight excluding hydrogens is 331 g/mol. The van der Waals surface area contributed by atoms with E-state index in [1.54, 1.807) is 30.3 Å². The van der Waals surface area contributed by atoms with Gasteiger partial charge >= 0.3 is 0 Å². The Kier molecular flexibility index (Phi) is 4.63. The van der Waals surface area contributed by atoms with Crippen molar-refractivity contribution in [1.82, 2.24) is 0 Å². The Morgan fingerprint density at radius 3 is 2.29 bits per heavy atom. The Labute approximate surface area is 134 Å². The summed E-state index contributed by atoms with van der Waals surface area (Å²) in [5.41, 5.74) is -0.984. The molecule has 0 radical (unpaired) electrons. The van der Waals surface area contributed by atoms with E-state index in [-0.39, 0.29) is 9.92 Å². The van der Waals surface area contributed by atoms with E-state index in [1.165, 1.54) is 25.1 Å². The standard InChI is InChI=1S/C15H14Cl2O3S/c1-15(18,11-5-3-2-4-6-11)10-21(19,20)14-8-7-12(16)9-13(14)17/h2-9,18H,10H2,1H3. The maximum Gasteiger partial charge on any atom is 0.183 e. The molecule has 0 bridgehead atoms. The number of sulfone groups is 1. The summed E-state index contributed by atoms with van der Waals surface area (Å²) < 4.78 is 24.9. The zero-order valence-electron chi connectivity index (χ0n) is 11.3. The maximum atomic E-state index is 12.5. The molecular formula is C15H14Cl2O3S. The van der Waals surface area contributed by atoms with E-state index in [9.17, 15) is 13.5 Å². The summed E-state index contributed by atoms with van der Waals surface area (Å²) in [4.78, 5) is -0.0372. The molecule has 2 aromatic rings. The van der Waals surface area contributed by atoms with Crippen molar-refractivity contribution in [3.8, 4) is 0 Å². The molecule has 1 atom stereocenters. The molecule has 2 rings (SSSR count). The average molecular weight is 345 g/mol. The molecule has 112 valence electrons. The van der Waals surface area contributed by atoms with Crippen LogP contribution in [0.15, 0.2) is 53.4 Å². The van der Waals surface area contributed by atoms with Gasteiger partial charge in [-0.1, -0.05) is 53.5 Å². The second kappa shape index (κ2) is 5.97. The van der Waals surface area contributed by atoms with E-state index in [4.69, 9.17) is 23.2 Å². The molecule has 3 nitrogen and oxygen atoms in total. The fourth-order valence-electron chi connectivity index (χ4n) is 2.06. The molecule has 1 N–H and O–H groups in total. The molecule has 1 unspecified atom stereocenters. The summed E-state index contributed by atoms with van der Waals surface area (Å²) in [6.45, 7) is 1.46. The molecule has 0 saturated heterocycles. The van der Waals surface area contributed by atoms with Crippen LogP contribution in [0.5, 0.6) is 0 Å². The van der Waals surface area contributed by atoms with Gasteiger partial charge < -0.3 is 5.11 Å². The van der Waals surface area contributed by atoms with Crippen LogP contribution in [0.1, 0.15) is 12.5 Å². The minimum atomic E-state index is -3.75. The third-order valence-corrected chi connectivity index (χ3v) is 5.72. The summed E-state index contributed by atoms with van der Waals surface area (Å²) in [6.07, 6.45) is 0. The van der Waals surface area contributed by atoms with Gasteiger partial charge in [0.1, 0.15) is 5.60 Å². The SMILES string of the molecule is CC(O)(CS(=O)(=O)c1ccc(Cl)cc1Cl)c1ccccc1. The summed E-state index contributed by atoms with van der Waals surface area (Å²) >= 11 is 11.7. The highest BCUT2D eigenvalue weighted by Crippen LogP contribution is 2.30. The quantitative estimate of drug-likeness (QED) is 0.920. The molecule has 0 aromatic heterocycles. The van der Waals surface area contributed by atoms with Crippen LogP contribution in [0.4, 0.5) is 0 Å². The van der Waals surface area contributed by atoms with Gasteiger partial charge in [-0.15, -0.1) is 0 Å². The van der Waals surface area contributed by atoms with Crippen molar-refractivity contribution >= 4 is 33.0 Å². The van der Waals surface area contributed by atoms with Gasteiger partial charge in [-0.05, 0) is 30.7 Å². The molecule has 6 heteroatoms. The molecule has 0 saturated carbocycles. The summed E-state index contributed by atoms with van der Waals surface area (Å²) in [5.74, 6) is -0.467. The van der Waals surface area contributed by atoms with Crippen molar-refractivity contribution in [1.29, 1.82) is 0 Å². The van der Waals surface area contributed by atoms with Gasteiger partial charge in [0.05, 0.1) is 15.7 Å². The Balaban J connectivity index is 2.37.